The van der Waals surface area contributed by atoms with Gasteiger partial charge in [0.05, 0.1) is 17.8 Å². The van der Waals surface area contributed by atoms with E-state index < -0.39 is 0 Å². The molecule has 1 aromatic carbocycles. The van der Waals surface area contributed by atoms with Crippen molar-refractivity contribution < 1.29 is 4.39 Å². The Balaban J connectivity index is 1.60. The summed E-state index contributed by atoms with van der Waals surface area (Å²) in [6.45, 7) is 0.636. The van der Waals surface area contributed by atoms with Crippen LogP contribution >= 0.6 is 12.2 Å². The molecule has 5 nitrogen and oxygen atoms in total. The summed E-state index contributed by atoms with van der Waals surface area (Å²) >= 11 is 5.76. The summed E-state index contributed by atoms with van der Waals surface area (Å²) in [6, 6.07) is 20.2. The highest BCUT2D eigenvalue weighted by Gasteiger charge is 2.41. The van der Waals surface area contributed by atoms with Crippen LogP contribution in [0.4, 0.5) is 4.39 Å². The van der Waals surface area contributed by atoms with Crippen LogP contribution in [-0.2, 0) is 6.54 Å². The predicted octanol–water partition coefficient (Wildman–Crippen LogP) is 4.58. The monoisotopic (exact) mass is 429 g/mol. The highest BCUT2D eigenvalue weighted by Crippen LogP contribution is 2.40. The third-order valence-corrected chi connectivity index (χ3v) is 5.84. The van der Waals surface area contributed by atoms with E-state index in [-0.39, 0.29) is 17.9 Å². The molecule has 5 rings (SSSR count). The first-order chi connectivity index (χ1) is 15.2. The van der Waals surface area contributed by atoms with Gasteiger partial charge in [-0.05, 0) is 78.4 Å². The number of hydrogen-bond acceptors (Lipinski definition) is 3. The summed E-state index contributed by atoms with van der Waals surface area (Å²) < 4.78 is 15.6. The number of aromatic nitrogens is 3. The van der Waals surface area contributed by atoms with Crippen molar-refractivity contribution in [1.82, 2.24) is 24.8 Å². The van der Waals surface area contributed by atoms with Gasteiger partial charge in [0.2, 0.25) is 0 Å². The van der Waals surface area contributed by atoms with Crippen molar-refractivity contribution in [2.75, 3.05) is 0 Å². The van der Waals surface area contributed by atoms with Crippen LogP contribution in [0.2, 0.25) is 0 Å². The van der Waals surface area contributed by atoms with E-state index in [1.807, 2.05) is 42.6 Å². The first kappa shape index (κ1) is 19.4. The Morgan fingerprint density at radius 2 is 1.74 bits per heavy atom. The van der Waals surface area contributed by atoms with E-state index in [1.165, 1.54) is 12.1 Å². The molecule has 3 aromatic heterocycles. The molecule has 31 heavy (non-hydrogen) atoms. The molecular formula is C24H20FN5S. The van der Waals surface area contributed by atoms with Gasteiger partial charge in [-0.15, -0.1) is 0 Å². The van der Waals surface area contributed by atoms with Crippen molar-refractivity contribution in [2.45, 2.75) is 18.6 Å². The summed E-state index contributed by atoms with van der Waals surface area (Å²) in [4.78, 5) is 10.9. The standard InChI is InChI=1S/C24H20FN5S/c25-18-6-8-19(9-7-18)29-15-3-5-21(29)23-22(20-4-1-2-12-27-20)28-24(31)30(23)16-17-10-13-26-14-11-17/h1-15,22-23H,16H2,(H,28,31)/t22-,23+/m0/s1. The van der Waals surface area contributed by atoms with Gasteiger partial charge in [-0.2, -0.15) is 0 Å². The molecule has 0 radical (unpaired) electrons. The van der Waals surface area contributed by atoms with Crippen LogP contribution in [0.5, 0.6) is 0 Å². The van der Waals surface area contributed by atoms with Gasteiger partial charge in [0.1, 0.15) is 5.82 Å². The minimum Gasteiger partial charge on any atom is -0.352 e. The van der Waals surface area contributed by atoms with E-state index in [2.05, 4.69) is 30.8 Å². The van der Waals surface area contributed by atoms with Crippen LogP contribution < -0.4 is 5.32 Å². The lowest BCUT2D eigenvalue weighted by Crippen LogP contribution is -2.30. The van der Waals surface area contributed by atoms with Crippen LogP contribution in [0.1, 0.15) is 29.0 Å². The normalized spacial score (nSPS) is 18.2. The maximum atomic E-state index is 13.5. The molecule has 154 valence electrons. The summed E-state index contributed by atoms with van der Waals surface area (Å²) in [5.41, 5.74) is 3.97. The van der Waals surface area contributed by atoms with E-state index in [1.54, 1.807) is 30.7 Å². The van der Waals surface area contributed by atoms with Gasteiger partial charge in [-0.25, -0.2) is 4.39 Å². The number of nitrogens with one attached hydrogen (secondary N) is 1. The Bertz CT molecular complexity index is 1180. The zero-order chi connectivity index (χ0) is 21.2. The number of pyridine rings is 2. The number of rotatable bonds is 5. The minimum absolute atomic E-state index is 0.101. The Hall–Kier alpha value is -3.58. The van der Waals surface area contributed by atoms with E-state index in [9.17, 15) is 4.39 Å². The number of hydrogen-bond donors (Lipinski definition) is 1. The second kappa shape index (κ2) is 8.28. The zero-order valence-corrected chi connectivity index (χ0v) is 17.4. The molecule has 0 saturated carbocycles. The van der Waals surface area contributed by atoms with Gasteiger partial charge in [0.15, 0.2) is 5.11 Å². The molecule has 0 bridgehead atoms. The molecule has 0 aliphatic carbocycles. The van der Waals surface area contributed by atoms with E-state index in [0.29, 0.717) is 11.7 Å². The van der Waals surface area contributed by atoms with Crippen molar-refractivity contribution in [1.29, 1.82) is 0 Å². The van der Waals surface area contributed by atoms with Crippen LogP contribution in [0.15, 0.2) is 91.5 Å². The van der Waals surface area contributed by atoms with E-state index >= 15 is 0 Å². The summed E-state index contributed by atoms with van der Waals surface area (Å²) in [5.74, 6) is -0.258. The maximum absolute atomic E-state index is 13.5. The smallest absolute Gasteiger partial charge is 0.170 e. The first-order valence-corrected chi connectivity index (χ1v) is 10.4. The second-order valence-electron chi connectivity index (χ2n) is 7.39. The van der Waals surface area contributed by atoms with Gasteiger partial charge in [-0.3, -0.25) is 9.97 Å². The highest BCUT2D eigenvalue weighted by atomic mass is 32.1. The van der Waals surface area contributed by atoms with Gasteiger partial charge < -0.3 is 14.8 Å². The van der Waals surface area contributed by atoms with Crippen LogP contribution in [0.25, 0.3) is 5.69 Å². The molecule has 1 aliphatic heterocycles. The Morgan fingerprint density at radius 3 is 2.48 bits per heavy atom. The van der Waals surface area contributed by atoms with Crippen molar-refractivity contribution in [3.8, 4) is 5.69 Å². The van der Waals surface area contributed by atoms with E-state index in [4.69, 9.17) is 12.2 Å². The van der Waals surface area contributed by atoms with Crippen molar-refractivity contribution in [3.63, 3.8) is 0 Å². The highest BCUT2D eigenvalue weighted by molar-refractivity contribution is 7.80. The number of benzene rings is 1. The molecule has 0 amide bonds. The quantitative estimate of drug-likeness (QED) is 0.471. The molecule has 2 atom stereocenters. The maximum Gasteiger partial charge on any atom is 0.170 e. The Labute approximate surface area is 185 Å². The van der Waals surface area contributed by atoms with Gasteiger partial charge in [-0.1, -0.05) is 6.07 Å². The van der Waals surface area contributed by atoms with Crippen LogP contribution in [-0.4, -0.2) is 24.5 Å². The first-order valence-electron chi connectivity index (χ1n) is 10.0. The molecule has 0 spiro atoms. The largest absolute Gasteiger partial charge is 0.352 e. The molecule has 1 saturated heterocycles. The third-order valence-electron chi connectivity index (χ3n) is 5.49. The lowest BCUT2D eigenvalue weighted by atomic mass is 10.0. The molecule has 4 heterocycles. The van der Waals surface area contributed by atoms with Crippen molar-refractivity contribution in [3.05, 3.63) is 114 Å². The fourth-order valence-corrected chi connectivity index (χ4v) is 4.36. The van der Waals surface area contributed by atoms with Crippen molar-refractivity contribution in [2.24, 2.45) is 0 Å². The molecule has 7 heteroatoms. The third kappa shape index (κ3) is 3.80. The summed E-state index contributed by atoms with van der Waals surface area (Å²) in [7, 11) is 0. The summed E-state index contributed by atoms with van der Waals surface area (Å²) in [6.07, 6.45) is 7.36. The predicted molar refractivity (Wildman–Crippen MR) is 121 cm³/mol. The fourth-order valence-electron chi connectivity index (χ4n) is 4.05. The van der Waals surface area contributed by atoms with E-state index in [0.717, 1.165) is 22.6 Å². The van der Waals surface area contributed by atoms with Crippen molar-refractivity contribution >= 4 is 17.3 Å². The lowest BCUT2D eigenvalue weighted by Gasteiger charge is -2.29. The molecule has 1 fully saturated rings. The average Bonchev–Trinajstić information content (AvgIpc) is 3.40. The topological polar surface area (TPSA) is 46.0 Å². The Kier molecular flexibility index (Phi) is 5.18. The Morgan fingerprint density at radius 1 is 0.935 bits per heavy atom. The van der Waals surface area contributed by atoms with Crippen LogP contribution in [0.3, 0.4) is 0 Å². The number of nitrogens with zero attached hydrogens (tertiary/aromatic N) is 4. The SMILES string of the molecule is Fc1ccc(-n2cccc2[C@@H]2[C@H](c3ccccn3)NC(=S)N2Cc2ccncc2)cc1. The molecule has 0 unspecified atom stereocenters. The molecule has 1 aliphatic rings. The minimum atomic E-state index is -0.258. The van der Waals surface area contributed by atoms with Gasteiger partial charge in [0.25, 0.3) is 0 Å². The molecule has 1 N–H and O–H groups in total. The number of thiocarbonyl (C=S) groups is 1. The van der Waals surface area contributed by atoms with Crippen LogP contribution in [0, 0.1) is 5.82 Å². The summed E-state index contributed by atoms with van der Waals surface area (Å²) in [5, 5.41) is 4.14. The average molecular weight is 430 g/mol. The molecular weight excluding hydrogens is 409 g/mol. The number of halogens is 1. The fraction of sp³-hybridized carbons (Fsp3) is 0.125. The van der Waals surface area contributed by atoms with Gasteiger partial charge in [0, 0.05) is 42.7 Å². The lowest BCUT2D eigenvalue weighted by molar-refractivity contribution is 0.302. The second-order valence-corrected chi connectivity index (χ2v) is 7.78. The molecule has 4 aromatic rings. The van der Waals surface area contributed by atoms with Gasteiger partial charge >= 0.3 is 0 Å². The zero-order valence-electron chi connectivity index (χ0n) is 16.6.